The molecule has 0 aliphatic carbocycles. The molecule has 3 rings (SSSR count). The number of hydrogen-bond acceptors (Lipinski definition) is 5. The molecule has 124 valence electrons. The van der Waals surface area contributed by atoms with Crippen LogP contribution < -0.4 is 5.32 Å². The Labute approximate surface area is 144 Å². The zero-order valence-electron chi connectivity index (χ0n) is 13.2. The number of nitrogens with one attached hydrogen (secondary N) is 1. The molecule has 0 aliphatic rings. The second kappa shape index (κ2) is 6.33. The van der Waals surface area contributed by atoms with Gasteiger partial charge < -0.3 is 0 Å². The van der Waals surface area contributed by atoms with Crippen LogP contribution in [0.25, 0.3) is 10.2 Å². The average molecular weight is 360 g/mol. The molecule has 7 heteroatoms. The van der Waals surface area contributed by atoms with Gasteiger partial charge in [0.1, 0.15) is 0 Å². The summed E-state index contributed by atoms with van der Waals surface area (Å²) in [5.41, 5.74) is 2.38. The number of sulfone groups is 1. The van der Waals surface area contributed by atoms with E-state index in [1.165, 1.54) is 23.0 Å². The predicted molar refractivity (Wildman–Crippen MR) is 96.5 cm³/mol. The van der Waals surface area contributed by atoms with Crippen molar-refractivity contribution in [1.82, 2.24) is 4.98 Å². The Bertz CT molecular complexity index is 1010. The molecule has 1 aromatic heterocycles. The topological polar surface area (TPSA) is 76.1 Å². The maximum atomic E-state index is 12.3. The third-order valence-electron chi connectivity index (χ3n) is 3.63. The van der Waals surface area contributed by atoms with E-state index in [0.717, 1.165) is 17.4 Å². The first kappa shape index (κ1) is 16.6. The zero-order valence-corrected chi connectivity index (χ0v) is 14.9. The molecule has 0 radical (unpaired) electrons. The van der Waals surface area contributed by atoms with Crippen LogP contribution in [0.1, 0.15) is 22.8 Å². The molecule has 0 saturated carbocycles. The highest BCUT2D eigenvalue weighted by atomic mass is 32.2. The second-order valence-electron chi connectivity index (χ2n) is 5.43. The minimum absolute atomic E-state index is 0.236. The standard InChI is InChI=1S/C17H16N2O3S2/c1-3-11-4-6-12(7-5-11)16(20)19-17-18-14-9-8-13(24(2,21)22)10-15(14)23-17/h4-10H,3H2,1-2H3,(H,18,19,20). The summed E-state index contributed by atoms with van der Waals surface area (Å²) in [5, 5.41) is 3.21. The molecule has 0 unspecified atom stereocenters. The number of amides is 1. The number of aryl methyl sites for hydroxylation is 1. The number of rotatable bonds is 4. The Morgan fingerprint density at radius 1 is 1.17 bits per heavy atom. The van der Waals surface area contributed by atoms with Crippen LogP contribution in [-0.2, 0) is 16.3 Å². The van der Waals surface area contributed by atoms with E-state index in [1.54, 1.807) is 24.3 Å². The summed E-state index contributed by atoms with van der Waals surface area (Å²) in [6.45, 7) is 2.06. The highest BCUT2D eigenvalue weighted by molar-refractivity contribution is 7.90. The lowest BCUT2D eigenvalue weighted by molar-refractivity contribution is 0.102. The predicted octanol–water partition coefficient (Wildman–Crippen LogP) is 3.51. The number of benzene rings is 2. The van der Waals surface area contributed by atoms with Crippen molar-refractivity contribution in [3.05, 3.63) is 53.6 Å². The number of fused-ring (bicyclic) bond motifs is 1. The molecule has 0 atom stereocenters. The van der Waals surface area contributed by atoms with Crippen LogP contribution in [-0.4, -0.2) is 25.6 Å². The molecule has 1 amide bonds. The van der Waals surface area contributed by atoms with E-state index in [1.807, 2.05) is 12.1 Å². The van der Waals surface area contributed by atoms with Gasteiger partial charge in [0.05, 0.1) is 15.1 Å². The molecule has 24 heavy (non-hydrogen) atoms. The lowest BCUT2D eigenvalue weighted by Crippen LogP contribution is -2.11. The fraction of sp³-hybridized carbons (Fsp3) is 0.176. The summed E-state index contributed by atoms with van der Waals surface area (Å²) in [5.74, 6) is -0.236. The van der Waals surface area contributed by atoms with Gasteiger partial charge in [-0.3, -0.25) is 10.1 Å². The van der Waals surface area contributed by atoms with Crippen molar-refractivity contribution in [2.45, 2.75) is 18.2 Å². The Kier molecular flexibility index (Phi) is 4.38. The maximum absolute atomic E-state index is 12.3. The minimum atomic E-state index is -3.27. The summed E-state index contributed by atoms with van der Waals surface area (Å²) in [6.07, 6.45) is 2.08. The molecule has 0 fully saturated rings. The molecule has 1 heterocycles. The largest absolute Gasteiger partial charge is 0.298 e. The number of anilines is 1. The van der Waals surface area contributed by atoms with Gasteiger partial charge in [0.15, 0.2) is 15.0 Å². The van der Waals surface area contributed by atoms with E-state index >= 15 is 0 Å². The van der Waals surface area contributed by atoms with Gasteiger partial charge in [-0.1, -0.05) is 30.4 Å². The number of thiazole rings is 1. The summed E-state index contributed by atoms with van der Waals surface area (Å²) in [6, 6.07) is 12.2. The van der Waals surface area contributed by atoms with E-state index in [0.29, 0.717) is 16.2 Å². The Balaban J connectivity index is 1.85. The van der Waals surface area contributed by atoms with Gasteiger partial charge in [0, 0.05) is 11.8 Å². The second-order valence-corrected chi connectivity index (χ2v) is 8.47. The van der Waals surface area contributed by atoms with Crippen LogP contribution in [0.4, 0.5) is 5.13 Å². The number of nitrogens with zero attached hydrogens (tertiary/aromatic N) is 1. The van der Waals surface area contributed by atoms with Crippen LogP contribution in [0.3, 0.4) is 0 Å². The third-order valence-corrected chi connectivity index (χ3v) is 5.68. The van der Waals surface area contributed by atoms with Crippen LogP contribution in [0.2, 0.25) is 0 Å². The van der Waals surface area contributed by atoms with Gasteiger partial charge in [-0.25, -0.2) is 13.4 Å². The number of carbonyl (C=O) groups excluding carboxylic acids is 1. The molecule has 5 nitrogen and oxygen atoms in total. The van der Waals surface area contributed by atoms with Gasteiger partial charge in [-0.05, 0) is 42.3 Å². The highest BCUT2D eigenvalue weighted by Crippen LogP contribution is 2.28. The van der Waals surface area contributed by atoms with Crippen molar-refractivity contribution < 1.29 is 13.2 Å². The molecule has 2 aromatic carbocycles. The SMILES string of the molecule is CCc1ccc(C(=O)Nc2nc3ccc(S(C)(=O)=O)cc3s2)cc1. The molecule has 3 aromatic rings. The Morgan fingerprint density at radius 3 is 2.50 bits per heavy atom. The van der Waals surface area contributed by atoms with E-state index < -0.39 is 9.84 Å². The van der Waals surface area contributed by atoms with Crippen molar-refractivity contribution in [1.29, 1.82) is 0 Å². The monoisotopic (exact) mass is 360 g/mol. The summed E-state index contributed by atoms with van der Waals surface area (Å²) in [7, 11) is -3.27. The minimum Gasteiger partial charge on any atom is -0.298 e. The van der Waals surface area contributed by atoms with E-state index in [2.05, 4.69) is 17.2 Å². The lowest BCUT2D eigenvalue weighted by Gasteiger charge is -2.02. The molecule has 0 spiro atoms. The van der Waals surface area contributed by atoms with Crippen LogP contribution in [0, 0.1) is 0 Å². The van der Waals surface area contributed by atoms with Crippen LogP contribution >= 0.6 is 11.3 Å². The maximum Gasteiger partial charge on any atom is 0.257 e. The molecule has 0 saturated heterocycles. The Morgan fingerprint density at radius 2 is 1.88 bits per heavy atom. The first-order valence-corrected chi connectivity index (χ1v) is 10.1. The molecule has 0 aliphatic heterocycles. The van der Waals surface area contributed by atoms with Gasteiger partial charge in [-0.15, -0.1) is 0 Å². The van der Waals surface area contributed by atoms with Gasteiger partial charge in [0.2, 0.25) is 0 Å². The van der Waals surface area contributed by atoms with Gasteiger partial charge in [-0.2, -0.15) is 0 Å². The summed E-state index contributed by atoms with van der Waals surface area (Å²) < 4.78 is 23.9. The highest BCUT2D eigenvalue weighted by Gasteiger charge is 2.13. The smallest absolute Gasteiger partial charge is 0.257 e. The third kappa shape index (κ3) is 3.47. The quantitative estimate of drug-likeness (QED) is 0.772. The van der Waals surface area contributed by atoms with Crippen LogP contribution in [0.5, 0.6) is 0 Å². The summed E-state index contributed by atoms with van der Waals surface area (Å²) in [4.78, 5) is 16.8. The van der Waals surface area contributed by atoms with Crippen molar-refractivity contribution in [2.24, 2.45) is 0 Å². The average Bonchev–Trinajstić information content (AvgIpc) is 2.95. The first-order valence-electron chi connectivity index (χ1n) is 7.38. The molecular formula is C17H16N2O3S2. The van der Waals surface area contributed by atoms with Crippen LogP contribution in [0.15, 0.2) is 47.4 Å². The van der Waals surface area contributed by atoms with Gasteiger partial charge in [0.25, 0.3) is 5.91 Å². The van der Waals surface area contributed by atoms with Gasteiger partial charge >= 0.3 is 0 Å². The molecule has 1 N–H and O–H groups in total. The molecular weight excluding hydrogens is 344 g/mol. The first-order chi connectivity index (χ1) is 11.4. The summed E-state index contributed by atoms with van der Waals surface area (Å²) >= 11 is 1.25. The zero-order chi connectivity index (χ0) is 17.3. The number of hydrogen-bond donors (Lipinski definition) is 1. The van der Waals surface area contributed by atoms with E-state index in [4.69, 9.17) is 0 Å². The van der Waals surface area contributed by atoms with Crippen molar-refractivity contribution >= 4 is 42.4 Å². The molecule has 0 bridgehead atoms. The normalized spacial score (nSPS) is 11.6. The van der Waals surface area contributed by atoms with E-state index in [-0.39, 0.29) is 10.8 Å². The number of carbonyl (C=O) groups is 1. The fourth-order valence-corrected chi connectivity index (χ4v) is 3.87. The number of aromatic nitrogens is 1. The lowest BCUT2D eigenvalue weighted by atomic mass is 10.1. The van der Waals surface area contributed by atoms with E-state index in [9.17, 15) is 13.2 Å². The Hall–Kier alpha value is -2.25. The fourth-order valence-electron chi connectivity index (χ4n) is 2.25. The van der Waals surface area contributed by atoms with Crippen molar-refractivity contribution in [3.8, 4) is 0 Å². The van der Waals surface area contributed by atoms with Crippen molar-refractivity contribution in [2.75, 3.05) is 11.6 Å². The van der Waals surface area contributed by atoms with Crippen molar-refractivity contribution in [3.63, 3.8) is 0 Å².